The van der Waals surface area contributed by atoms with Crippen LogP contribution in [0.5, 0.6) is 0 Å². The number of rotatable bonds is 3. The molecule has 3 nitrogen and oxygen atoms in total. The Morgan fingerprint density at radius 1 is 1.21 bits per heavy atom. The Morgan fingerprint density at radius 3 is 2.58 bits per heavy atom. The van der Waals surface area contributed by atoms with E-state index >= 15 is 0 Å². The maximum atomic E-state index is 12.1. The van der Waals surface area contributed by atoms with Crippen molar-refractivity contribution in [3.8, 4) is 0 Å². The van der Waals surface area contributed by atoms with Gasteiger partial charge in [-0.05, 0) is 49.8 Å². The molecule has 0 aliphatic heterocycles. The molecule has 3 N–H and O–H groups in total. The summed E-state index contributed by atoms with van der Waals surface area (Å²) in [5, 5.41) is 3.01. The number of nitrogens with two attached hydrogens (primary N) is 1. The molecule has 1 saturated carbocycles. The number of benzene rings is 1. The summed E-state index contributed by atoms with van der Waals surface area (Å²) < 4.78 is 0. The fraction of sp³-hybridized carbons (Fsp3) is 0.562. The molecule has 0 aromatic heterocycles. The van der Waals surface area contributed by atoms with Gasteiger partial charge in [-0.15, -0.1) is 0 Å². The number of nitrogen functional groups attached to an aromatic ring is 1. The molecule has 1 aliphatic carbocycles. The molecule has 1 amide bonds. The molecule has 104 valence electrons. The van der Waals surface area contributed by atoms with Crippen molar-refractivity contribution < 1.29 is 4.79 Å². The minimum absolute atomic E-state index is 0.123. The molecule has 0 unspecified atom stereocenters. The Morgan fingerprint density at radius 2 is 1.89 bits per heavy atom. The molecule has 0 spiro atoms. The Balaban J connectivity index is 1.96. The quantitative estimate of drug-likeness (QED) is 0.812. The number of anilines is 2. The van der Waals surface area contributed by atoms with Crippen LogP contribution in [-0.4, -0.2) is 5.91 Å². The molecule has 1 aliphatic rings. The largest absolute Gasteiger partial charge is 0.398 e. The molecule has 0 atom stereocenters. The maximum absolute atomic E-state index is 12.1. The molecule has 0 bridgehead atoms. The summed E-state index contributed by atoms with van der Waals surface area (Å²) in [6, 6.07) is 3.88. The van der Waals surface area contributed by atoms with Crippen LogP contribution in [0.3, 0.4) is 0 Å². The maximum Gasteiger partial charge on any atom is 0.224 e. The molecule has 19 heavy (non-hydrogen) atoms. The van der Waals surface area contributed by atoms with Crippen LogP contribution in [0, 0.1) is 19.8 Å². The van der Waals surface area contributed by atoms with E-state index in [0.717, 1.165) is 22.5 Å². The van der Waals surface area contributed by atoms with Crippen molar-refractivity contribution >= 4 is 17.3 Å². The normalized spacial score (nSPS) is 16.3. The molecule has 0 radical (unpaired) electrons. The van der Waals surface area contributed by atoms with Gasteiger partial charge in [-0.3, -0.25) is 4.79 Å². The summed E-state index contributed by atoms with van der Waals surface area (Å²) in [5.74, 6) is 0.690. The molecular formula is C16H24N2O. The lowest BCUT2D eigenvalue weighted by molar-refractivity contribution is -0.117. The number of carbonyl (C=O) groups excluding carboxylic acids is 1. The zero-order valence-corrected chi connectivity index (χ0v) is 12.0. The summed E-state index contributed by atoms with van der Waals surface area (Å²) in [5.41, 5.74) is 9.61. The van der Waals surface area contributed by atoms with Crippen molar-refractivity contribution in [2.45, 2.75) is 52.4 Å². The third kappa shape index (κ3) is 3.72. The van der Waals surface area contributed by atoms with Crippen molar-refractivity contribution in [1.82, 2.24) is 0 Å². The van der Waals surface area contributed by atoms with Gasteiger partial charge in [0.2, 0.25) is 5.91 Å². The Hall–Kier alpha value is -1.51. The number of hydrogen-bond donors (Lipinski definition) is 2. The number of nitrogens with one attached hydrogen (secondary N) is 1. The summed E-state index contributed by atoms with van der Waals surface area (Å²) in [6.07, 6.45) is 6.91. The van der Waals surface area contributed by atoms with Gasteiger partial charge >= 0.3 is 0 Å². The number of amides is 1. The van der Waals surface area contributed by atoms with Crippen LogP contribution >= 0.6 is 0 Å². The predicted molar refractivity (Wildman–Crippen MR) is 80.2 cm³/mol. The zero-order chi connectivity index (χ0) is 13.8. The minimum Gasteiger partial charge on any atom is -0.398 e. The average Bonchev–Trinajstić information content (AvgIpc) is 2.37. The monoisotopic (exact) mass is 260 g/mol. The van der Waals surface area contributed by atoms with Gasteiger partial charge < -0.3 is 11.1 Å². The fourth-order valence-electron chi connectivity index (χ4n) is 2.86. The SMILES string of the molecule is Cc1cc(C)c(NC(=O)CC2CCCCC2)cc1N. The second kappa shape index (κ2) is 6.09. The number of carbonyl (C=O) groups is 1. The first-order valence-electron chi connectivity index (χ1n) is 7.23. The molecule has 2 rings (SSSR count). The highest BCUT2D eigenvalue weighted by Crippen LogP contribution is 2.27. The van der Waals surface area contributed by atoms with Gasteiger partial charge in [0, 0.05) is 17.8 Å². The molecule has 0 saturated heterocycles. The highest BCUT2D eigenvalue weighted by Gasteiger charge is 2.17. The minimum atomic E-state index is 0.123. The van der Waals surface area contributed by atoms with Gasteiger partial charge in [0.05, 0.1) is 0 Å². The third-order valence-corrected chi connectivity index (χ3v) is 4.09. The lowest BCUT2D eigenvalue weighted by Gasteiger charge is -2.21. The van der Waals surface area contributed by atoms with Crippen molar-refractivity contribution in [2.24, 2.45) is 5.92 Å². The van der Waals surface area contributed by atoms with E-state index in [9.17, 15) is 4.79 Å². The van der Waals surface area contributed by atoms with E-state index in [-0.39, 0.29) is 5.91 Å². The molecular weight excluding hydrogens is 236 g/mol. The van der Waals surface area contributed by atoms with Gasteiger partial charge in [-0.1, -0.05) is 25.3 Å². The highest BCUT2D eigenvalue weighted by molar-refractivity contribution is 5.92. The first-order chi connectivity index (χ1) is 9.06. The molecule has 1 fully saturated rings. The second-order valence-electron chi connectivity index (χ2n) is 5.78. The van der Waals surface area contributed by atoms with E-state index in [4.69, 9.17) is 5.73 Å². The van der Waals surface area contributed by atoms with Gasteiger partial charge in [-0.2, -0.15) is 0 Å². The van der Waals surface area contributed by atoms with Gasteiger partial charge in [0.1, 0.15) is 0 Å². The van der Waals surface area contributed by atoms with Crippen LogP contribution in [0.15, 0.2) is 12.1 Å². The van der Waals surface area contributed by atoms with Crippen molar-refractivity contribution in [3.63, 3.8) is 0 Å². The van der Waals surface area contributed by atoms with Gasteiger partial charge in [-0.25, -0.2) is 0 Å². The van der Waals surface area contributed by atoms with E-state index in [1.807, 2.05) is 26.0 Å². The van der Waals surface area contributed by atoms with Crippen LogP contribution in [0.25, 0.3) is 0 Å². The first kappa shape index (κ1) is 13.9. The Labute approximate surface area is 115 Å². The average molecular weight is 260 g/mol. The Bertz CT molecular complexity index is 462. The van der Waals surface area contributed by atoms with Crippen LogP contribution in [-0.2, 0) is 4.79 Å². The highest BCUT2D eigenvalue weighted by atomic mass is 16.1. The van der Waals surface area contributed by atoms with Crippen LogP contribution in [0.1, 0.15) is 49.7 Å². The molecule has 3 heteroatoms. The standard InChI is InChI=1S/C16H24N2O/c1-11-8-12(2)15(10-14(11)17)18-16(19)9-13-6-4-3-5-7-13/h8,10,13H,3-7,9,17H2,1-2H3,(H,18,19). The topological polar surface area (TPSA) is 55.1 Å². The van der Waals surface area contributed by atoms with Crippen LogP contribution < -0.4 is 11.1 Å². The number of hydrogen-bond acceptors (Lipinski definition) is 2. The van der Waals surface area contributed by atoms with Gasteiger partial charge in [0.15, 0.2) is 0 Å². The van der Waals surface area contributed by atoms with E-state index in [1.54, 1.807) is 0 Å². The zero-order valence-electron chi connectivity index (χ0n) is 12.0. The number of aryl methyl sites for hydroxylation is 2. The fourth-order valence-corrected chi connectivity index (χ4v) is 2.86. The third-order valence-electron chi connectivity index (χ3n) is 4.09. The van der Waals surface area contributed by atoms with Crippen LogP contribution in [0.4, 0.5) is 11.4 Å². The van der Waals surface area contributed by atoms with Crippen molar-refractivity contribution in [3.05, 3.63) is 23.3 Å². The lowest BCUT2D eigenvalue weighted by Crippen LogP contribution is -2.19. The van der Waals surface area contributed by atoms with E-state index in [1.165, 1.54) is 32.1 Å². The van der Waals surface area contributed by atoms with E-state index < -0.39 is 0 Å². The van der Waals surface area contributed by atoms with Crippen molar-refractivity contribution in [2.75, 3.05) is 11.1 Å². The van der Waals surface area contributed by atoms with Crippen LogP contribution in [0.2, 0.25) is 0 Å². The predicted octanol–water partition coefficient (Wildman–Crippen LogP) is 3.79. The van der Waals surface area contributed by atoms with Crippen molar-refractivity contribution in [1.29, 1.82) is 0 Å². The van der Waals surface area contributed by atoms with E-state index in [0.29, 0.717) is 12.3 Å². The summed E-state index contributed by atoms with van der Waals surface area (Å²) in [4.78, 5) is 12.1. The summed E-state index contributed by atoms with van der Waals surface area (Å²) in [6.45, 7) is 3.98. The summed E-state index contributed by atoms with van der Waals surface area (Å²) in [7, 11) is 0. The van der Waals surface area contributed by atoms with E-state index in [2.05, 4.69) is 5.32 Å². The Kier molecular flexibility index (Phi) is 4.46. The molecule has 0 heterocycles. The second-order valence-corrected chi connectivity index (χ2v) is 5.78. The molecule has 1 aromatic rings. The summed E-state index contributed by atoms with van der Waals surface area (Å²) >= 11 is 0. The first-order valence-corrected chi connectivity index (χ1v) is 7.23. The molecule has 1 aromatic carbocycles. The smallest absolute Gasteiger partial charge is 0.224 e. The van der Waals surface area contributed by atoms with Gasteiger partial charge in [0.25, 0.3) is 0 Å². The lowest BCUT2D eigenvalue weighted by atomic mass is 9.87.